The first kappa shape index (κ1) is 18.7. The molecule has 0 atom stereocenters. The average molecular weight is 382 g/mol. The standard InChI is InChI=1S/C13H26N4O.HI/c1-3-6-15-13(14-4-2)16-7-5-8-17-9-11-18-12-10-17;/h3H,1,4-12H2,2H3,(H2,14,15,16);1H. The van der Waals surface area contributed by atoms with E-state index in [9.17, 15) is 0 Å². The molecule has 2 N–H and O–H groups in total. The Morgan fingerprint density at radius 1 is 1.37 bits per heavy atom. The Morgan fingerprint density at radius 2 is 2.11 bits per heavy atom. The van der Waals surface area contributed by atoms with Gasteiger partial charge in [-0.25, -0.2) is 0 Å². The van der Waals surface area contributed by atoms with Crippen molar-refractivity contribution in [3.05, 3.63) is 12.7 Å². The van der Waals surface area contributed by atoms with Gasteiger partial charge in [0, 0.05) is 39.3 Å². The van der Waals surface area contributed by atoms with Crippen molar-refractivity contribution in [1.82, 2.24) is 15.5 Å². The maximum Gasteiger partial charge on any atom is 0.191 e. The van der Waals surface area contributed by atoms with Crippen LogP contribution in [0.15, 0.2) is 17.6 Å². The molecule has 1 rings (SSSR count). The van der Waals surface area contributed by atoms with Crippen molar-refractivity contribution in [2.24, 2.45) is 4.99 Å². The van der Waals surface area contributed by atoms with Gasteiger partial charge in [0.25, 0.3) is 0 Å². The summed E-state index contributed by atoms with van der Waals surface area (Å²) in [5, 5.41) is 6.41. The Labute approximate surface area is 133 Å². The molecule has 19 heavy (non-hydrogen) atoms. The third-order valence-electron chi connectivity index (χ3n) is 2.76. The van der Waals surface area contributed by atoms with Gasteiger partial charge in [0.1, 0.15) is 0 Å². The minimum absolute atomic E-state index is 0. The predicted molar refractivity (Wildman–Crippen MR) is 91.5 cm³/mol. The zero-order chi connectivity index (χ0) is 13.1. The van der Waals surface area contributed by atoms with E-state index in [4.69, 9.17) is 4.74 Å². The molecule has 1 saturated heterocycles. The van der Waals surface area contributed by atoms with Crippen molar-refractivity contribution in [2.45, 2.75) is 13.3 Å². The summed E-state index contributed by atoms with van der Waals surface area (Å²) in [6, 6.07) is 0. The molecule has 1 fully saturated rings. The summed E-state index contributed by atoms with van der Waals surface area (Å²) in [5.74, 6) is 0.874. The van der Waals surface area contributed by atoms with E-state index in [0.29, 0.717) is 0 Å². The topological polar surface area (TPSA) is 48.9 Å². The maximum absolute atomic E-state index is 5.32. The molecule has 1 heterocycles. The smallest absolute Gasteiger partial charge is 0.191 e. The Kier molecular flexibility index (Phi) is 12.5. The molecule has 0 aromatic heterocycles. The Bertz CT molecular complexity index is 255. The van der Waals surface area contributed by atoms with Gasteiger partial charge in [-0.2, -0.15) is 0 Å². The van der Waals surface area contributed by atoms with Gasteiger partial charge in [0.15, 0.2) is 5.96 Å². The molecule has 0 saturated carbocycles. The lowest BCUT2D eigenvalue weighted by atomic mass is 10.3. The van der Waals surface area contributed by atoms with Crippen molar-refractivity contribution in [3.63, 3.8) is 0 Å². The molecule has 0 spiro atoms. The SMILES string of the molecule is C=CCNC(=NCCCN1CCOCC1)NCC.I. The second-order valence-electron chi connectivity index (χ2n) is 4.24. The van der Waals surface area contributed by atoms with E-state index in [0.717, 1.165) is 64.9 Å². The van der Waals surface area contributed by atoms with Gasteiger partial charge in [-0.1, -0.05) is 6.08 Å². The number of rotatable bonds is 7. The van der Waals surface area contributed by atoms with Crippen LogP contribution in [0.1, 0.15) is 13.3 Å². The highest BCUT2D eigenvalue weighted by atomic mass is 127. The first-order valence-electron chi connectivity index (χ1n) is 6.80. The predicted octanol–water partition coefficient (Wildman–Crippen LogP) is 1.07. The van der Waals surface area contributed by atoms with Crippen molar-refractivity contribution < 1.29 is 4.74 Å². The molecule has 1 aliphatic rings. The highest BCUT2D eigenvalue weighted by Crippen LogP contribution is 1.97. The molecule has 0 aliphatic carbocycles. The number of nitrogens with one attached hydrogen (secondary N) is 2. The van der Waals surface area contributed by atoms with Crippen LogP contribution < -0.4 is 10.6 Å². The van der Waals surface area contributed by atoms with E-state index in [1.807, 2.05) is 6.08 Å². The number of halogens is 1. The van der Waals surface area contributed by atoms with Crippen LogP contribution >= 0.6 is 24.0 Å². The summed E-state index contributed by atoms with van der Waals surface area (Å²) < 4.78 is 5.32. The molecule has 112 valence electrons. The fourth-order valence-corrected chi connectivity index (χ4v) is 1.82. The molecular formula is C13H27IN4O. The summed E-state index contributed by atoms with van der Waals surface area (Å²) in [6.07, 6.45) is 2.92. The van der Waals surface area contributed by atoms with Gasteiger partial charge in [-0.05, 0) is 13.3 Å². The number of hydrogen-bond donors (Lipinski definition) is 2. The second-order valence-corrected chi connectivity index (χ2v) is 4.24. The van der Waals surface area contributed by atoms with Crippen molar-refractivity contribution in [3.8, 4) is 0 Å². The second kappa shape index (κ2) is 12.7. The number of guanidine groups is 1. The van der Waals surface area contributed by atoms with Crippen LogP contribution in [-0.2, 0) is 4.74 Å². The molecule has 0 radical (unpaired) electrons. The fraction of sp³-hybridized carbons (Fsp3) is 0.769. The molecule has 0 amide bonds. The van der Waals surface area contributed by atoms with Crippen molar-refractivity contribution in [1.29, 1.82) is 0 Å². The Balaban J connectivity index is 0.00000324. The number of ether oxygens (including phenoxy) is 1. The lowest BCUT2D eigenvalue weighted by Gasteiger charge is -2.26. The Morgan fingerprint density at radius 3 is 2.74 bits per heavy atom. The monoisotopic (exact) mass is 382 g/mol. The molecule has 0 unspecified atom stereocenters. The molecule has 0 aromatic carbocycles. The normalized spacial score (nSPS) is 16.6. The van der Waals surface area contributed by atoms with Crippen LogP contribution in [0.4, 0.5) is 0 Å². The highest BCUT2D eigenvalue weighted by molar-refractivity contribution is 14.0. The fourth-order valence-electron chi connectivity index (χ4n) is 1.82. The van der Waals surface area contributed by atoms with Crippen molar-refractivity contribution >= 4 is 29.9 Å². The lowest BCUT2D eigenvalue weighted by Crippen LogP contribution is -2.38. The molecular weight excluding hydrogens is 355 g/mol. The van der Waals surface area contributed by atoms with Crippen LogP contribution in [0.3, 0.4) is 0 Å². The van der Waals surface area contributed by atoms with Gasteiger partial charge in [-0.3, -0.25) is 9.89 Å². The van der Waals surface area contributed by atoms with Gasteiger partial charge in [-0.15, -0.1) is 30.6 Å². The maximum atomic E-state index is 5.32. The zero-order valence-corrected chi connectivity index (χ0v) is 14.2. The summed E-state index contributed by atoms with van der Waals surface area (Å²) in [6.45, 7) is 13.2. The first-order chi connectivity index (χ1) is 8.86. The molecule has 5 nitrogen and oxygen atoms in total. The number of nitrogens with zero attached hydrogens (tertiary/aromatic N) is 2. The van der Waals surface area contributed by atoms with Crippen LogP contribution in [0.5, 0.6) is 0 Å². The van der Waals surface area contributed by atoms with Gasteiger partial charge in [0.2, 0.25) is 0 Å². The van der Waals surface area contributed by atoms with Gasteiger partial charge in [0.05, 0.1) is 13.2 Å². The third kappa shape index (κ3) is 9.23. The average Bonchev–Trinajstić information content (AvgIpc) is 2.42. The quantitative estimate of drug-likeness (QED) is 0.227. The van der Waals surface area contributed by atoms with E-state index >= 15 is 0 Å². The lowest BCUT2D eigenvalue weighted by molar-refractivity contribution is 0.0377. The largest absolute Gasteiger partial charge is 0.379 e. The molecule has 6 heteroatoms. The van der Waals surface area contributed by atoms with Crippen LogP contribution in [-0.4, -0.2) is 63.3 Å². The summed E-state index contributed by atoms with van der Waals surface area (Å²) in [7, 11) is 0. The minimum Gasteiger partial charge on any atom is -0.379 e. The van der Waals surface area contributed by atoms with Crippen LogP contribution in [0.2, 0.25) is 0 Å². The van der Waals surface area contributed by atoms with Gasteiger partial charge >= 0.3 is 0 Å². The number of aliphatic imine (C=N–C) groups is 1. The summed E-state index contributed by atoms with van der Waals surface area (Å²) >= 11 is 0. The zero-order valence-electron chi connectivity index (χ0n) is 11.9. The van der Waals surface area contributed by atoms with E-state index < -0.39 is 0 Å². The molecule has 1 aliphatic heterocycles. The number of hydrogen-bond acceptors (Lipinski definition) is 3. The molecule has 0 bridgehead atoms. The Hall–Kier alpha value is -0.340. The third-order valence-corrected chi connectivity index (χ3v) is 2.76. The van der Waals surface area contributed by atoms with E-state index in [2.05, 4.69) is 34.0 Å². The first-order valence-corrected chi connectivity index (χ1v) is 6.80. The van der Waals surface area contributed by atoms with E-state index in [-0.39, 0.29) is 24.0 Å². The number of morpholine rings is 1. The highest BCUT2D eigenvalue weighted by Gasteiger charge is 2.08. The summed E-state index contributed by atoms with van der Waals surface area (Å²) in [5.41, 5.74) is 0. The summed E-state index contributed by atoms with van der Waals surface area (Å²) in [4.78, 5) is 6.96. The van der Waals surface area contributed by atoms with E-state index in [1.54, 1.807) is 0 Å². The van der Waals surface area contributed by atoms with Crippen molar-refractivity contribution in [2.75, 3.05) is 52.5 Å². The van der Waals surface area contributed by atoms with Crippen LogP contribution in [0, 0.1) is 0 Å². The molecule has 0 aromatic rings. The van der Waals surface area contributed by atoms with Crippen LogP contribution in [0.25, 0.3) is 0 Å². The minimum atomic E-state index is 0. The van der Waals surface area contributed by atoms with E-state index in [1.165, 1.54) is 0 Å². The van der Waals surface area contributed by atoms with Gasteiger partial charge < -0.3 is 15.4 Å².